The van der Waals surface area contributed by atoms with Gasteiger partial charge in [0, 0.05) is 68.5 Å². The van der Waals surface area contributed by atoms with Gasteiger partial charge in [-0.2, -0.15) is 5.10 Å². The Kier molecular flexibility index (Phi) is 7.27. The Morgan fingerprint density at radius 2 is 1.84 bits per heavy atom. The first-order valence-electron chi connectivity index (χ1n) is 13.5. The number of fused-ring (bicyclic) bond motifs is 1. The van der Waals surface area contributed by atoms with Crippen LogP contribution in [0.5, 0.6) is 0 Å². The largest absolute Gasteiger partial charge is 0.481 e. The monoisotopic (exact) mass is 535 g/mol. The van der Waals surface area contributed by atoms with Gasteiger partial charge in [-0.15, -0.1) is 0 Å². The number of benzene rings is 1. The van der Waals surface area contributed by atoms with Crippen molar-refractivity contribution in [2.24, 2.45) is 12.5 Å². The molecule has 5 rings (SSSR count). The smallest absolute Gasteiger partial charge is 0.307 e. The molecule has 0 bridgehead atoms. The van der Waals surface area contributed by atoms with Gasteiger partial charge in [0.25, 0.3) is 0 Å². The summed E-state index contributed by atoms with van der Waals surface area (Å²) >= 11 is 6.36. The summed E-state index contributed by atoms with van der Waals surface area (Å²) in [6.45, 7) is 13.0. The number of aliphatic carboxylic acids is 1. The van der Waals surface area contributed by atoms with E-state index in [9.17, 15) is 9.90 Å². The molecule has 202 valence electrons. The van der Waals surface area contributed by atoms with E-state index in [-0.39, 0.29) is 6.42 Å². The maximum absolute atomic E-state index is 11.9. The molecule has 3 aromatic rings. The number of aromatic nitrogens is 3. The van der Waals surface area contributed by atoms with E-state index < -0.39 is 5.97 Å². The molecule has 1 N–H and O–H groups in total. The molecule has 2 aliphatic rings. The molecule has 38 heavy (non-hydrogen) atoms. The Bertz CT molecular complexity index is 1370. The van der Waals surface area contributed by atoms with Crippen LogP contribution in [-0.2, 0) is 37.8 Å². The predicted molar refractivity (Wildman–Crippen MR) is 152 cm³/mol. The number of pyridine rings is 1. The Balaban J connectivity index is 1.50. The lowest BCUT2D eigenvalue weighted by Crippen LogP contribution is -2.38. The molecule has 2 aromatic heterocycles. The Hall–Kier alpha value is -2.90. The van der Waals surface area contributed by atoms with Gasteiger partial charge in [0.1, 0.15) is 0 Å². The molecular weight excluding hydrogens is 498 g/mol. The van der Waals surface area contributed by atoms with E-state index >= 15 is 0 Å². The van der Waals surface area contributed by atoms with Crippen molar-refractivity contribution in [3.05, 3.63) is 63.2 Å². The van der Waals surface area contributed by atoms with Crippen molar-refractivity contribution >= 4 is 23.3 Å². The molecule has 2 aliphatic heterocycles. The van der Waals surface area contributed by atoms with Gasteiger partial charge in [-0.25, -0.2) is 0 Å². The standard InChI is InChI=1S/C30H38ClN5O2/c1-19-24(15-27(37)38)29(36-12-9-30(3,4)10-13-36)28(20(2)32-19)22-6-7-23-16-35(11-8-21(23)14-22)18-26-25(31)17-34(5)33-26/h6-7,14,17H,8-13,15-16,18H2,1-5H3,(H,37,38). The SMILES string of the molecule is Cc1nc(C)c(-c2ccc3c(c2)CCN(Cc2nn(C)cc2Cl)C3)c(N2CCC(C)(C)CC2)c1CC(=O)O. The second kappa shape index (κ2) is 10.3. The lowest BCUT2D eigenvalue weighted by atomic mass is 9.82. The van der Waals surface area contributed by atoms with Gasteiger partial charge in [0.05, 0.1) is 22.8 Å². The number of nitrogens with zero attached hydrogens (tertiary/aromatic N) is 5. The third-order valence-electron chi connectivity index (χ3n) is 8.23. The summed E-state index contributed by atoms with van der Waals surface area (Å²) in [5.74, 6) is -0.818. The van der Waals surface area contributed by atoms with Gasteiger partial charge >= 0.3 is 5.97 Å². The summed E-state index contributed by atoms with van der Waals surface area (Å²) in [4.78, 5) is 21.6. The lowest BCUT2D eigenvalue weighted by Gasteiger charge is -2.40. The summed E-state index contributed by atoms with van der Waals surface area (Å²) in [7, 11) is 1.89. The van der Waals surface area contributed by atoms with Crippen molar-refractivity contribution in [2.75, 3.05) is 24.5 Å². The van der Waals surface area contributed by atoms with Crippen molar-refractivity contribution in [1.82, 2.24) is 19.7 Å². The normalized spacial score (nSPS) is 17.5. The fraction of sp³-hybridized carbons (Fsp3) is 0.500. The number of carbonyl (C=O) groups is 1. The highest BCUT2D eigenvalue weighted by molar-refractivity contribution is 6.31. The number of hydrogen-bond acceptors (Lipinski definition) is 5. The van der Waals surface area contributed by atoms with E-state index in [0.29, 0.717) is 10.4 Å². The summed E-state index contributed by atoms with van der Waals surface area (Å²) in [6.07, 6.45) is 4.94. The van der Waals surface area contributed by atoms with Crippen LogP contribution in [0.3, 0.4) is 0 Å². The van der Waals surface area contributed by atoms with Crippen LogP contribution in [0.25, 0.3) is 11.1 Å². The quantitative estimate of drug-likeness (QED) is 0.445. The first kappa shape index (κ1) is 26.7. The second-order valence-corrected chi connectivity index (χ2v) is 12.2. The zero-order valence-corrected chi connectivity index (χ0v) is 23.9. The number of halogens is 1. The zero-order chi connectivity index (χ0) is 27.2. The second-order valence-electron chi connectivity index (χ2n) is 11.7. The molecule has 8 heteroatoms. The van der Waals surface area contributed by atoms with E-state index in [1.807, 2.05) is 20.2 Å². The first-order valence-corrected chi connectivity index (χ1v) is 13.9. The molecule has 0 saturated carbocycles. The third-order valence-corrected chi connectivity index (χ3v) is 8.55. The van der Waals surface area contributed by atoms with Crippen LogP contribution in [-0.4, -0.2) is 50.4 Å². The van der Waals surface area contributed by atoms with Crippen molar-refractivity contribution in [3.63, 3.8) is 0 Å². The van der Waals surface area contributed by atoms with Crippen LogP contribution in [0.15, 0.2) is 24.4 Å². The Labute approximate surface area is 230 Å². The topological polar surface area (TPSA) is 74.5 Å². The number of rotatable bonds is 6. The molecule has 0 spiro atoms. The fourth-order valence-electron chi connectivity index (χ4n) is 5.99. The van der Waals surface area contributed by atoms with Crippen molar-refractivity contribution in [2.45, 2.75) is 66.5 Å². The third kappa shape index (κ3) is 5.45. The summed E-state index contributed by atoms with van der Waals surface area (Å²) in [5, 5.41) is 15.0. The van der Waals surface area contributed by atoms with Gasteiger partial charge in [0.2, 0.25) is 0 Å². The Morgan fingerprint density at radius 1 is 1.11 bits per heavy atom. The van der Waals surface area contributed by atoms with Crippen molar-refractivity contribution < 1.29 is 9.90 Å². The average Bonchev–Trinajstić information content (AvgIpc) is 3.16. The fourth-order valence-corrected chi connectivity index (χ4v) is 6.23. The molecule has 0 unspecified atom stereocenters. The van der Waals surface area contributed by atoms with E-state index in [1.165, 1.54) is 11.1 Å². The maximum Gasteiger partial charge on any atom is 0.307 e. The van der Waals surface area contributed by atoms with E-state index in [2.05, 4.69) is 53.9 Å². The maximum atomic E-state index is 11.9. The molecule has 0 amide bonds. The van der Waals surface area contributed by atoms with Crippen molar-refractivity contribution in [1.29, 1.82) is 0 Å². The number of piperidine rings is 1. The molecule has 1 aromatic carbocycles. The van der Waals surface area contributed by atoms with Crippen LogP contribution in [0.2, 0.25) is 5.02 Å². The molecular formula is C30H38ClN5O2. The van der Waals surface area contributed by atoms with Gasteiger partial charge < -0.3 is 10.0 Å². The van der Waals surface area contributed by atoms with E-state index in [1.54, 1.807) is 4.68 Å². The molecule has 1 saturated heterocycles. The molecule has 7 nitrogen and oxygen atoms in total. The molecule has 4 heterocycles. The molecule has 0 atom stereocenters. The summed E-state index contributed by atoms with van der Waals surface area (Å²) in [5.41, 5.74) is 9.76. The molecule has 0 aliphatic carbocycles. The number of carboxylic acids is 1. The van der Waals surface area contributed by atoms with Crippen LogP contribution in [0, 0.1) is 19.3 Å². The average molecular weight is 536 g/mol. The highest BCUT2D eigenvalue weighted by Gasteiger charge is 2.30. The predicted octanol–water partition coefficient (Wildman–Crippen LogP) is 5.56. The zero-order valence-electron chi connectivity index (χ0n) is 23.1. The number of hydrogen-bond donors (Lipinski definition) is 1. The van der Waals surface area contributed by atoms with Gasteiger partial charge in [-0.3, -0.25) is 19.4 Å². The van der Waals surface area contributed by atoms with Crippen LogP contribution in [0.1, 0.15) is 60.5 Å². The van der Waals surface area contributed by atoms with Crippen molar-refractivity contribution in [3.8, 4) is 11.1 Å². The minimum Gasteiger partial charge on any atom is -0.481 e. The number of carboxylic acid groups (broad SMARTS) is 1. The van der Waals surface area contributed by atoms with Gasteiger partial charge in [-0.1, -0.05) is 43.6 Å². The molecule has 0 radical (unpaired) electrons. The summed E-state index contributed by atoms with van der Waals surface area (Å²) in [6, 6.07) is 6.73. The van der Waals surface area contributed by atoms with Crippen LogP contribution >= 0.6 is 11.6 Å². The minimum absolute atomic E-state index is 0.0165. The summed E-state index contributed by atoms with van der Waals surface area (Å²) < 4.78 is 1.76. The highest BCUT2D eigenvalue weighted by Crippen LogP contribution is 2.42. The van der Waals surface area contributed by atoms with E-state index in [4.69, 9.17) is 16.6 Å². The first-order chi connectivity index (χ1) is 18.0. The Morgan fingerprint density at radius 3 is 2.50 bits per heavy atom. The number of anilines is 1. The highest BCUT2D eigenvalue weighted by atomic mass is 35.5. The lowest BCUT2D eigenvalue weighted by molar-refractivity contribution is -0.136. The number of aryl methyl sites for hydroxylation is 3. The minimum atomic E-state index is -0.818. The molecule has 1 fully saturated rings. The van der Waals surface area contributed by atoms with E-state index in [0.717, 1.165) is 91.4 Å². The van der Waals surface area contributed by atoms with Gasteiger partial charge in [-0.05, 0) is 55.2 Å². The van der Waals surface area contributed by atoms with Gasteiger partial charge in [0.15, 0.2) is 0 Å². The van der Waals surface area contributed by atoms with Crippen LogP contribution < -0.4 is 4.90 Å². The van der Waals surface area contributed by atoms with Crippen LogP contribution in [0.4, 0.5) is 5.69 Å².